The Hall–Kier alpha value is -0.800. The van der Waals surface area contributed by atoms with Crippen LogP contribution in [0, 0.1) is 0 Å². The van der Waals surface area contributed by atoms with Gasteiger partial charge in [0.15, 0.2) is 0 Å². The van der Waals surface area contributed by atoms with Crippen molar-refractivity contribution in [3.05, 3.63) is 39.9 Å². The van der Waals surface area contributed by atoms with Crippen molar-refractivity contribution < 1.29 is 5.11 Å². The molecule has 1 aromatic rings. The van der Waals surface area contributed by atoms with Crippen molar-refractivity contribution in [2.45, 2.75) is 38.6 Å². The van der Waals surface area contributed by atoms with Crippen molar-refractivity contribution in [3.8, 4) is 5.75 Å². The molecule has 0 saturated carbocycles. The summed E-state index contributed by atoms with van der Waals surface area (Å²) in [6, 6.07) is 5.64. The molecule has 0 saturated heterocycles. The minimum Gasteiger partial charge on any atom is -0.507 e. The summed E-state index contributed by atoms with van der Waals surface area (Å²) < 4.78 is 0.761. The Bertz CT molecular complexity index is 429. The Morgan fingerprint density at radius 3 is 2.89 bits per heavy atom. The lowest BCUT2D eigenvalue weighted by atomic mass is 9.97. The fourth-order valence-electron chi connectivity index (χ4n) is 2.27. The van der Waals surface area contributed by atoms with Crippen LogP contribution in [0.2, 0.25) is 0 Å². The Labute approximate surface area is 117 Å². The van der Waals surface area contributed by atoms with Crippen LogP contribution in [-0.4, -0.2) is 11.7 Å². The molecular formula is C15H20BrNO. The molecule has 0 aromatic heterocycles. The van der Waals surface area contributed by atoms with Crippen LogP contribution in [0.4, 0.5) is 0 Å². The minimum absolute atomic E-state index is 0.297. The Morgan fingerprint density at radius 2 is 2.17 bits per heavy atom. The normalized spacial score (nSPS) is 15.5. The van der Waals surface area contributed by atoms with Crippen LogP contribution < -0.4 is 5.32 Å². The van der Waals surface area contributed by atoms with Gasteiger partial charge in [-0.25, -0.2) is 0 Å². The number of aromatic hydroxyl groups is 1. The highest BCUT2D eigenvalue weighted by Crippen LogP contribution is 2.24. The van der Waals surface area contributed by atoms with Gasteiger partial charge in [0.2, 0.25) is 0 Å². The Balaban J connectivity index is 1.71. The molecule has 0 aliphatic heterocycles. The lowest BCUT2D eigenvalue weighted by molar-refractivity contribution is 0.471. The third-order valence-electron chi connectivity index (χ3n) is 3.35. The molecule has 2 rings (SSSR count). The van der Waals surface area contributed by atoms with Gasteiger partial charge in [0.05, 0.1) is 4.47 Å². The first kappa shape index (κ1) is 13.6. The number of hydrogen-bond acceptors (Lipinski definition) is 2. The zero-order chi connectivity index (χ0) is 12.8. The predicted molar refractivity (Wildman–Crippen MR) is 78.7 cm³/mol. The summed E-state index contributed by atoms with van der Waals surface area (Å²) >= 11 is 3.33. The summed E-state index contributed by atoms with van der Waals surface area (Å²) in [5.74, 6) is 0.297. The van der Waals surface area contributed by atoms with Crippen molar-refractivity contribution in [3.63, 3.8) is 0 Å². The van der Waals surface area contributed by atoms with Crippen molar-refractivity contribution >= 4 is 15.9 Å². The van der Waals surface area contributed by atoms with Gasteiger partial charge in [0, 0.05) is 6.54 Å². The van der Waals surface area contributed by atoms with Crippen LogP contribution >= 0.6 is 15.9 Å². The second-order valence-corrected chi connectivity index (χ2v) is 5.68. The number of hydrogen-bond donors (Lipinski definition) is 2. The molecule has 0 atom stereocenters. The highest BCUT2D eigenvalue weighted by atomic mass is 79.9. The average molecular weight is 310 g/mol. The van der Waals surface area contributed by atoms with Gasteiger partial charge in [0.25, 0.3) is 0 Å². The largest absolute Gasteiger partial charge is 0.507 e. The highest BCUT2D eigenvalue weighted by molar-refractivity contribution is 9.10. The summed E-state index contributed by atoms with van der Waals surface area (Å²) in [5.41, 5.74) is 2.80. The number of allylic oxidation sites excluding steroid dienone is 1. The van der Waals surface area contributed by atoms with Crippen LogP contribution in [0.15, 0.2) is 34.3 Å². The molecule has 0 fully saturated rings. The molecule has 0 amide bonds. The zero-order valence-corrected chi connectivity index (χ0v) is 12.2. The molecule has 0 bridgehead atoms. The lowest BCUT2D eigenvalue weighted by Gasteiger charge is -2.13. The van der Waals surface area contributed by atoms with Gasteiger partial charge in [-0.2, -0.15) is 0 Å². The molecule has 1 aromatic carbocycles. The van der Waals surface area contributed by atoms with Gasteiger partial charge in [-0.3, -0.25) is 0 Å². The second kappa shape index (κ2) is 6.95. The van der Waals surface area contributed by atoms with E-state index >= 15 is 0 Å². The molecular weight excluding hydrogens is 290 g/mol. The molecule has 18 heavy (non-hydrogen) atoms. The maximum absolute atomic E-state index is 9.41. The maximum atomic E-state index is 9.41. The van der Waals surface area contributed by atoms with Gasteiger partial charge < -0.3 is 10.4 Å². The molecule has 3 heteroatoms. The summed E-state index contributed by atoms with van der Waals surface area (Å²) in [6.07, 6.45) is 8.84. The van der Waals surface area contributed by atoms with Crippen LogP contribution in [-0.2, 0) is 6.54 Å². The van der Waals surface area contributed by atoms with Gasteiger partial charge >= 0.3 is 0 Å². The van der Waals surface area contributed by atoms with Gasteiger partial charge in [0.1, 0.15) is 5.75 Å². The van der Waals surface area contributed by atoms with Crippen LogP contribution in [0.1, 0.15) is 37.7 Å². The first-order valence-electron chi connectivity index (χ1n) is 6.62. The van der Waals surface area contributed by atoms with E-state index in [0.717, 1.165) is 17.6 Å². The molecule has 1 aliphatic carbocycles. The van der Waals surface area contributed by atoms with Crippen molar-refractivity contribution in [1.29, 1.82) is 0 Å². The number of halogens is 1. The highest BCUT2D eigenvalue weighted by Gasteiger charge is 2.03. The molecule has 0 heterocycles. The van der Waals surface area contributed by atoms with Crippen molar-refractivity contribution in [2.24, 2.45) is 0 Å². The summed E-state index contributed by atoms with van der Waals surface area (Å²) in [4.78, 5) is 0. The second-order valence-electron chi connectivity index (χ2n) is 4.82. The van der Waals surface area contributed by atoms with Gasteiger partial charge in [-0.15, -0.1) is 0 Å². The van der Waals surface area contributed by atoms with Crippen LogP contribution in [0.5, 0.6) is 5.75 Å². The van der Waals surface area contributed by atoms with E-state index in [9.17, 15) is 5.11 Å². The van der Waals surface area contributed by atoms with E-state index < -0.39 is 0 Å². The lowest BCUT2D eigenvalue weighted by Crippen LogP contribution is -2.15. The number of rotatable bonds is 5. The molecule has 1 aliphatic rings. The fourth-order valence-corrected chi connectivity index (χ4v) is 2.70. The first-order valence-corrected chi connectivity index (χ1v) is 7.41. The molecule has 98 valence electrons. The Morgan fingerprint density at radius 1 is 1.28 bits per heavy atom. The van der Waals surface area contributed by atoms with Gasteiger partial charge in [-0.05, 0) is 72.3 Å². The van der Waals surface area contributed by atoms with E-state index in [2.05, 4.69) is 27.3 Å². The fraction of sp³-hybridized carbons (Fsp3) is 0.467. The summed E-state index contributed by atoms with van der Waals surface area (Å²) in [7, 11) is 0. The Kier molecular flexibility index (Phi) is 5.26. The van der Waals surface area contributed by atoms with E-state index in [1.807, 2.05) is 12.1 Å². The van der Waals surface area contributed by atoms with E-state index in [1.165, 1.54) is 37.7 Å². The molecule has 0 unspecified atom stereocenters. The minimum atomic E-state index is 0.297. The van der Waals surface area contributed by atoms with Crippen molar-refractivity contribution in [1.82, 2.24) is 5.32 Å². The number of phenolic OH excluding ortho intramolecular Hbond substituents is 1. The van der Waals surface area contributed by atoms with Crippen LogP contribution in [0.3, 0.4) is 0 Å². The van der Waals surface area contributed by atoms with Crippen molar-refractivity contribution in [2.75, 3.05) is 6.54 Å². The maximum Gasteiger partial charge on any atom is 0.129 e. The summed E-state index contributed by atoms with van der Waals surface area (Å²) in [6.45, 7) is 1.89. The van der Waals surface area contributed by atoms with E-state index in [-0.39, 0.29) is 0 Å². The molecule has 2 N–H and O–H groups in total. The third-order valence-corrected chi connectivity index (χ3v) is 3.98. The number of benzene rings is 1. The molecule has 0 spiro atoms. The number of phenols is 1. The zero-order valence-electron chi connectivity index (χ0n) is 10.6. The quantitative estimate of drug-likeness (QED) is 0.633. The monoisotopic (exact) mass is 309 g/mol. The number of nitrogens with one attached hydrogen (secondary N) is 1. The first-order chi connectivity index (χ1) is 8.75. The third kappa shape index (κ3) is 4.14. The topological polar surface area (TPSA) is 32.3 Å². The molecule has 2 nitrogen and oxygen atoms in total. The molecule has 0 radical (unpaired) electrons. The average Bonchev–Trinajstić information content (AvgIpc) is 2.40. The van der Waals surface area contributed by atoms with Gasteiger partial charge in [-0.1, -0.05) is 17.7 Å². The summed E-state index contributed by atoms with van der Waals surface area (Å²) in [5, 5.41) is 12.9. The van der Waals surface area contributed by atoms with Crippen LogP contribution in [0.25, 0.3) is 0 Å². The standard InChI is InChI=1S/C15H20BrNO/c16-14-10-13(6-7-15(14)18)11-17-9-8-12-4-2-1-3-5-12/h4,6-7,10,17-18H,1-3,5,8-9,11H2. The van der Waals surface area contributed by atoms with E-state index in [1.54, 1.807) is 11.6 Å². The predicted octanol–water partition coefficient (Wildman–Crippen LogP) is 4.13. The SMILES string of the molecule is Oc1ccc(CNCCC2=CCCCC2)cc1Br. The van der Waals surface area contributed by atoms with E-state index in [0.29, 0.717) is 5.75 Å². The smallest absolute Gasteiger partial charge is 0.129 e. The van der Waals surface area contributed by atoms with E-state index in [4.69, 9.17) is 0 Å².